The molecule has 40 valence electrons. The summed E-state index contributed by atoms with van der Waals surface area (Å²) in [4.78, 5) is 21.3. The van der Waals surface area contributed by atoms with Gasteiger partial charge in [-0.15, -0.1) is 0 Å². The van der Waals surface area contributed by atoms with E-state index in [1.54, 1.807) is 0 Å². The van der Waals surface area contributed by atoms with Crippen molar-refractivity contribution in [1.82, 2.24) is 0 Å². The Morgan fingerprint density at radius 1 is 1.12 bits per heavy atom. The topological polar surface area (TPSA) is 60.7 Å². The van der Waals surface area contributed by atoms with Gasteiger partial charge in [0.25, 0.3) is 0 Å². The molecule has 0 fully saturated rings. The average molecular weight is 156 g/mol. The zero-order valence-corrected chi connectivity index (χ0v) is 3.22. The SMILES string of the molecule is O[Si](O)(O)F.[LiH].[MgH2].[NaH]. The first-order valence-corrected chi connectivity index (χ1v) is 2.58. The van der Waals surface area contributed by atoms with Gasteiger partial charge in [0.1, 0.15) is 0 Å². The van der Waals surface area contributed by atoms with E-state index >= 15 is 0 Å². The summed E-state index contributed by atoms with van der Waals surface area (Å²) in [5.74, 6) is 0. The standard InChI is InChI=1S/FH3O3Si.Li.Mg.Na.4H/c1-5(2,3)4;;;;;;;/h2-4H;;;;;;;. The van der Waals surface area contributed by atoms with Crippen LogP contribution in [-0.4, -0.2) is 95.0 Å². The van der Waals surface area contributed by atoms with Gasteiger partial charge < -0.3 is 14.4 Å². The van der Waals surface area contributed by atoms with Crippen LogP contribution >= 0.6 is 0 Å². The summed E-state index contributed by atoms with van der Waals surface area (Å²) >= 11 is 0. The van der Waals surface area contributed by atoms with E-state index in [1.807, 2.05) is 0 Å². The van der Waals surface area contributed by atoms with Crippen molar-refractivity contribution in [2.75, 3.05) is 0 Å². The Bertz CT molecular complexity index is 34.8. The van der Waals surface area contributed by atoms with E-state index in [0.717, 1.165) is 0 Å². The summed E-state index contributed by atoms with van der Waals surface area (Å²) in [5, 5.41) is 0. The summed E-state index contributed by atoms with van der Waals surface area (Å²) in [7, 11) is -5.11. The quantitative estimate of drug-likeness (QED) is 0.249. The molecule has 3 N–H and O–H groups in total. The van der Waals surface area contributed by atoms with Crippen molar-refractivity contribution in [3.63, 3.8) is 0 Å². The van der Waals surface area contributed by atoms with Gasteiger partial charge in [-0.25, -0.2) is 4.11 Å². The van der Waals surface area contributed by atoms with Crippen molar-refractivity contribution in [3.8, 4) is 0 Å². The molecule has 3 nitrogen and oxygen atoms in total. The molecule has 0 aromatic heterocycles. The predicted molar refractivity (Wildman–Crippen MR) is 36.4 cm³/mol. The maximum atomic E-state index is 10.5. The van der Waals surface area contributed by atoms with Gasteiger partial charge in [-0.1, -0.05) is 0 Å². The number of hydrogen-bond donors (Lipinski definition) is 3. The second-order valence-electron chi connectivity index (χ2n) is 0.554. The van der Waals surface area contributed by atoms with Crippen LogP contribution in [-0.2, 0) is 0 Å². The zero-order valence-electron chi connectivity index (χ0n) is 2.22. The number of rotatable bonds is 0. The van der Waals surface area contributed by atoms with Crippen LogP contribution in [0.4, 0.5) is 4.11 Å². The Balaban J connectivity index is -0.0000000267. The van der Waals surface area contributed by atoms with Gasteiger partial charge in [0.2, 0.25) is 0 Å². The molecule has 0 rings (SSSR count). The molecule has 8 heteroatoms. The molecule has 0 heterocycles. The monoisotopic (exact) mass is 156 g/mol. The molecule has 0 bridgehead atoms. The molecule has 0 aromatic carbocycles. The van der Waals surface area contributed by atoms with Gasteiger partial charge >= 0.3 is 80.6 Å². The van der Waals surface area contributed by atoms with E-state index in [1.165, 1.54) is 0 Å². The minimum absolute atomic E-state index is 0. The fourth-order valence-electron chi connectivity index (χ4n) is 0. The Morgan fingerprint density at radius 2 is 1.12 bits per heavy atom. The fourth-order valence-corrected chi connectivity index (χ4v) is 0. The van der Waals surface area contributed by atoms with Crippen LogP contribution < -0.4 is 0 Å². The van der Waals surface area contributed by atoms with Crippen LogP contribution in [0.1, 0.15) is 0 Å². The third-order valence-corrected chi connectivity index (χ3v) is 0. The number of halogens is 1. The van der Waals surface area contributed by atoms with Crippen LogP contribution in [0.2, 0.25) is 0 Å². The van der Waals surface area contributed by atoms with Crippen molar-refractivity contribution in [2.45, 2.75) is 0 Å². The molecule has 0 aliphatic heterocycles. The molecule has 0 saturated heterocycles. The average Bonchev–Trinajstić information content (AvgIpc) is 0.722. The van der Waals surface area contributed by atoms with Crippen LogP contribution in [0.5, 0.6) is 0 Å². The normalized spacial score (nSPS) is 7.50. The Kier molecular flexibility index (Phi) is 26.3. The van der Waals surface area contributed by atoms with Crippen LogP contribution in [0, 0.1) is 0 Å². The summed E-state index contributed by atoms with van der Waals surface area (Å²) in [5.41, 5.74) is 0. The molecule has 0 amide bonds. The fraction of sp³-hybridized carbons (Fsp3) is 0. The first kappa shape index (κ1) is 22.4. The molecule has 0 aromatic rings. The second-order valence-corrected chi connectivity index (χ2v) is 1.66. The third-order valence-electron chi connectivity index (χ3n) is 0. The van der Waals surface area contributed by atoms with E-state index in [2.05, 4.69) is 0 Å². The molecule has 0 spiro atoms. The van der Waals surface area contributed by atoms with Crippen molar-refractivity contribution in [3.05, 3.63) is 0 Å². The zero-order chi connectivity index (χ0) is 4.50. The molecule has 0 aliphatic rings. The van der Waals surface area contributed by atoms with Crippen LogP contribution in [0.3, 0.4) is 0 Å². The van der Waals surface area contributed by atoms with Crippen molar-refractivity contribution in [2.24, 2.45) is 0 Å². The van der Waals surface area contributed by atoms with E-state index < -0.39 is 9.14 Å². The van der Waals surface area contributed by atoms with E-state index in [4.69, 9.17) is 14.4 Å². The summed E-state index contributed by atoms with van der Waals surface area (Å²) in [6.45, 7) is 0. The molecule has 8 heavy (non-hydrogen) atoms. The van der Waals surface area contributed by atoms with E-state index in [9.17, 15) is 4.11 Å². The predicted octanol–water partition coefficient (Wildman–Crippen LogP) is -3.84. The molecule has 0 atom stereocenters. The van der Waals surface area contributed by atoms with Crippen LogP contribution in [0.25, 0.3) is 0 Å². The van der Waals surface area contributed by atoms with E-state index in [0.29, 0.717) is 0 Å². The van der Waals surface area contributed by atoms with Gasteiger partial charge in [-0.3, -0.25) is 0 Å². The van der Waals surface area contributed by atoms with Crippen LogP contribution in [0.15, 0.2) is 0 Å². The number of hydrogen-bond acceptors (Lipinski definition) is 3. The molecular weight excluding hydrogens is 149 g/mol. The second kappa shape index (κ2) is 9.39. The first-order chi connectivity index (χ1) is 2.00. The summed E-state index contributed by atoms with van der Waals surface area (Å²) in [6, 6.07) is 0. The maximum absolute atomic E-state index is 10.5. The minimum atomic E-state index is -5.11. The Labute approximate surface area is 97.8 Å². The third kappa shape index (κ3) is 80.2. The summed E-state index contributed by atoms with van der Waals surface area (Å²) in [6.07, 6.45) is 0. The molecule has 0 aliphatic carbocycles. The molecule has 0 unspecified atom stereocenters. The van der Waals surface area contributed by atoms with Crippen molar-refractivity contribution < 1.29 is 18.5 Å². The Morgan fingerprint density at radius 3 is 1.12 bits per heavy atom. The molecule has 0 radical (unpaired) electrons. The van der Waals surface area contributed by atoms with Gasteiger partial charge in [0.15, 0.2) is 0 Å². The molecular formula is H7FLiMgNaO3Si. The van der Waals surface area contributed by atoms with Crippen molar-refractivity contribution in [1.29, 1.82) is 0 Å². The van der Waals surface area contributed by atoms with Crippen molar-refractivity contribution >= 4 is 80.6 Å². The molecule has 0 saturated carbocycles. The Hall–Kier alpha value is 2.39. The first-order valence-electron chi connectivity index (χ1n) is 0.860. The van der Waals surface area contributed by atoms with Gasteiger partial charge in [-0.2, -0.15) is 0 Å². The summed E-state index contributed by atoms with van der Waals surface area (Å²) < 4.78 is 10.5. The van der Waals surface area contributed by atoms with Gasteiger partial charge in [0, 0.05) is 0 Å². The van der Waals surface area contributed by atoms with E-state index in [-0.39, 0.29) is 71.5 Å². The van der Waals surface area contributed by atoms with Gasteiger partial charge in [0.05, 0.1) is 0 Å². The van der Waals surface area contributed by atoms with Gasteiger partial charge in [-0.05, 0) is 0 Å².